The summed E-state index contributed by atoms with van der Waals surface area (Å²) in [5.74, 6) is -5.83. The number of amides is 3. The number of hydroxylamine groups is 2. The molecule has 0 saturated carbocycles. The zero-order chi connectivity index (χ0) is 20.0. The zero-order valence-corrected chi connectivity index (χ0v) is 14.2. The Morgan fingerprint density at radius 2 is 1.64 bits per heavy atom. The van der Waals surface area contributed by atoms with E-state index in [1.54, 1.807) is 12.1 Å². The highest BCUT2D eigenvalue weighted by Gasteiger charge is 2.43. The van der Waals surface area contributed by atoms with Gasteiger partial charge < -0.3 is 9.74 Å². The largest absolute Gasteiger partial charge is 0.338 e. The molecule has 0 N–H and O–H groups in total. The Morgan fingerprint density at radius 3 is 2.25 bits per heavy atom. The van der Waals surface area contributed by atoms with Gasteiger partial charge in [-0.05, 0) is 24.3 Å². The maximum absolute atomic E-state index is 13.9. The first-order valence-corrected chi connectivity index (χ1v) is 8.32. The molecular formula is C19H12F2N2O5. The Morgan fingerprint density at radius 1 is 1.00 bits per heavy atom. The monoisotopic (exact) mass is 386 g/mol. The van der Waals surface area contributed by atoms with E-state index in [0.29, 0.717) is 11.1 Å². The van der Waals surface area contributed by atoms with E-state index in [2.05, 4.69) is 0 Å². The van der Waals surface area contributed by atoms with Crippen LogP contribution in [-0.2, 0) is 14.4 Å². The summed E-state index contributed by atoms with van der Waals surface area (Å²) in [6.07, 6.45) is -0.293. The van der Waals surface area contributed by atoms with Crippen LogP contribution in [0.2, 0.25) is 0 Å². The molecule has 1 atom stereocenters. The molecule has 0 aliphatic carbocycles. The van der Waals surface area contributed by atoms with Crippen LogP contribution in [0.5, 0.6) is 0 Å². The highest BCUT2D eigenvalue weighted by Crippen LogP contribution is 2.30. The van der Waals surface area contributed by atoms with Crippen LogP contribution < -0.4 is 4.90 Å². The molecule has 3 amide bonds. The van der Waals surface area contributed by atoms with Gasteiger partial charge >= 0.3 is 5.97 Å². The minimum absolute atomic E-state index is 0.109. The fourth-order valence-corrected chi connectivity index (χ4v) is 3.21. The third-order valence-electron chi connectivity index (χ3n) is 4.60. The fraction of sp³-hybridized carbons (Fsp3) is 0.158. The predicted octanol–water partition coefficient (Wildman–Crippen LogP) is 2.07. The van der Waals surface area contributed by atoms with Crippen molar-refractivity contribution < 1.29 is 32.8 Å². The average Bonchev–Trinajstić information content (AvgIpc) is 3.16. The molecule has 28 heavy (non-hydrogen) atoms. The lowest BCUT2D eigenvalue weighted by Crippen LogP contribution is -2.36. The maximum Gasteiger partial charge on any atom is 0.338 e. The van der Waals surface area contributed by atoms with E-state index in [1.807, 2.05) is 0 Å². The zero-order valence-electron chi connectivity index (χ0n) is 14.2. The summed E-state index contributed by atoms with van der Waals surface area (Å²) in [4.78, 5) is 55.0. The van der Waals surface area contributed by atoms with Gasteiger partial charge in [0.05, 0.1) is 22.7 Å². The van der Waals surface area contributed by atoms with Gasteiger partial charge in [0, 0.05) is 19.0 Å². The second kappa shape index (κ2) is 6.52. The van der Waals surface area contributed by atoms with E-state index in [-0.39, 0.29) is 29.8 Å². The lowest BCUT2D eigenvalue weighted by Gasteiger charge is -2.18. The van der Waals surface area contributed by atoms with Crippen molar-refractivity contribution in [3.63, 3.8) is 0 Å². The van der Waals surface area contributed by atoms with Gasteiger partial charge in [-0.2, -0.15) is 0 Å². The SMILES string of the molecule is O=C(ON1C(=O)c2ccccc2C1=O)C1CC(=O)N(c2ccc(F)cc2F)C1. The first-order valence-electron chi connectivity index (χ1n) is 8.32. The minimum atomic E-state index is -1.01. The summed E-state index contributed by atoms with van der Waals surface area (Å²) in [6, 6.07) is 8.73. The van der Waals surface area contributed by atoms with Crippen molar-refractivity contribution in [3.8, 4) is 0 Å². The van der Waals surface area contributed by atoms with Gasteiger partial charge in [0.25, 0.3) is 11.8 Å². The fourth-order valence-electron chi connectivity index (χ4n) is 3.21. The molecule has 0 bridgehead atoms. The van der Waals surface area contributed by atoms with Gasteiger partial charge in [-0.1, -0.05) is 17.2 Å². The number of carbonyl (C=O) groups is 4. The lowest BCUT2D eigenvalue weighted by molar-refractivity contribution is -0.173. The summed E-state index contributed by atoms with van der Waals surface area (Å²) in [7, 11) is 0. The van der Waals surface area contributed by atoms with Crippen LogP contribution in [0.1, 0.15) is 27.1 Å². The van der Waals surface area contributed by atoms with Crippen LogP contribution in [0.25, 0.3) is 0 Å². The van der Waals surface area contributed by atoms with Gasteiger partial charge in [0.15, 0.2) is 0 Å². The van der Waals surface area contributed by atoms with Crippen molar-refractivity contribution in [1.82, 2.24) is 5.06 Å². The lowest BCUT2D eigenvalue weighted by atomic mass is 10.1. The van der Waals surface area contributed by atoms with Crippen LogP contribution >= 0.6 is 0 Å². The molecule has 1 saturated heterocycles. The molecule has 0 radical (unpaired) electrons. The molecular weight excluding hydrogens is 374 g/mol. The number of fused-ring (bicyclic) bond motifs is 1. The summed E-state index contributed by atoms with van der Waals surface area (Å²) >= 11 is 0. The number of benzene rings is 2. The van der Waals surface area contributed by atoms with Gasteiger partial charge in [0.1, 0.15) is 11.6 Å². The van der Waals surface area contributed by atoms with Gasteiger partial charge in [-0.3, -0.25) is 14.4 Å². The number of hydrogen-bond acceptors (Lipinski definition) is 5. The van der Waals surface area contributed by atoms with E-state index >= 15 is 0 Å². The van der Waals surface area contributed by atoms with E-state index in [0.717, 1.165) is 17.0 Å². The Balaban J connectivity index is 1.49. The van der Waals surface area contributed by atoms with Crippen molar-refractivity contribution in [2.45, 2.75) is 6.42 Å². The Labute approximate surface area is 157 Å². The molecule has 1 fully saturated rings. The van der Waals surface area contributed by atoms with Crippen molar-refractivity contribution >= 4 is 29.4 Å². The van der Waals surface area contributed by atoms with E-state index in [4.69, 9.17) is 4.84 Å². The second-order valence-corrected chi connectivity index (χ2v) is 6.36. The first-order chi connectivity index (χ1) is 13.4. The number of rotatable bonds is 3. The topological polar surface area (TPSA) is 84.0 Å². The number of anilines is 1. The molecule has 2 heterocycles. The average molecular weight is 386 g/mol. The van der Waals surface area contributed by atoms with Crippen molar-refractivity contribution in [1.29, 1.82) is 0 Å². The standard InChI is InChI=1S/C19H12F2N2O5/c20-11-5-6-15(14(21)8-11)22-9-10(7-16(22)24)19(27)28-23-17(25)12-3-1-2-4-13(12)18(23)26/h1-6,8,10H,7,9H2. The van der Waals surface area contributed by atoms with Crippen LogP contribution in [0.4, 0.5) is 14.5 Å². The molecule has 2 aliphatic heterocycles. The molecule has 9 heteroatoms. The van der Waals surface area contributed by atoms with Gasteiger partial charge in [-0.25, -0.2) is 13.6 Å². The molecule has 0 spiro atoms. The molecule has 142 valence electrons. The highest BCUT2D eigenvalue weighted by atomic mass is 19.1. The van der Waals surface area contributed by atoms with E-state index < -0.39 is 41.2 Å². The summed E-state index contributed by atoms with van der Waals surface area (Å²) < 4.78 is 27.0. The molecule has 2 aromatic carbocycles. The van der Waals surface area contributed by atoms with E-state index in [1.165, 1.54) is 12.1 Å². The number of imide groups is 1. The number of nitrogens with zero attached hydrogens (tertiary/aromatic N) is 2. The number of hydrogen-bond donors (Lipinski definition) is 0. The van der Waals surface area contributed by atoms with Crippen LogP contribution in [0.15, 0.2) is 42.5 Å². The molecule has 4 rings (SSSR count). The van der Waals surface area contributed by atoms with Crippen molar-refractivity contribution in [3.05, 3.63) is 65.2 Å². The Hall–Kier alpha value is -3.62. The summed E-state index contributed by atoms with van der Waals surface area (Å²) in [5, 5.41) is 0.360. The molecule has 2 aromatic rings. The van der Waals surface area contributed by atoms with Gasteiger partial charge in [-0.15, -0.1) is 0 Å². The minimum Gasteiger partial charge on any atom is -0.329 e. The van der Waals surface area contributed by atoms with Crippen molar-refractivity contribution in [2.24, 2.45) is 5.92 Å². The summed E-state index contributed by atoms with van der Waals surface area (Å²) in [5.41, 5.74) is 0.0537. The van der Waals surface area contributed by atoms with E-state index in [9.17, 15) is 28.0 Å². The van der Waals surface area contributed by atoms with Gasteiger partial charge in [0.2, 0.25) is 5.91 Å². The smallest absolute Gasteiger partial charge is 0.329 e. The second-order valence-electron chi connectivity index (χ2n) is 6.36. The van der Waals surface area contributed by atoms with Crippen molar-refractivity contribution in [2.75, 3.05) is 11.4 Å². The van der Waals surface area contributed by atoms with Crippen LogP contribution in [0, 0.1) is 17.6 Å². The normalized spacial score (nSPS) is 18.6. The predicted molar refractivity (Wildman–Crippen MR) is 89.9 cm³/mol. The maximum atomic E-state index is 13.9. The molecule has 2 aliphatic rings. The first kappa shape index (κ1) is 17.8. The number of carbonyl (C=O) groups excluding carboxylic acids is 4. The summed E-state index contributed by atoms with van der Waals surface area (Å²) in [6.45, 7) is -0.219. The Kier molecular flexibility index (Phi) is 4.14. The highest BCUT2D eigenvalue weighted by molar-refractivity contribution is 6.21. The number of halogens is 2. The molecule has 7 nitrogen and oxygen atoms in total. The van der Waals surface area contributed by atoms with Crippen LogP contribution in [-0.4, -0.2) is 35.3 Å². The third-order valence-corrected chi connectivity index (χ3v) is 4.60. The third kappa shape index (κ3) is 2.81. The molecule has 1 unspecified atom stereocenters. The quantitative estimate of drug-likeness (QED) is 0.754. The Bertz CT molecular complexity index is 1000. The molecule has 0 aromatic heterocycles. The van der Waals surface area contributed by atoms with Crippen LogP contribution in [0.3, 0.4) is 0 Å².